The van der Waals surface area contributed by atoms with Crippen LogP contribution in [0.1, 0.15) is 21.9 Å². The lowest BCUT2D eigenvalue weighted by molar-refractivity contribution is 0.0691. The minimum Gasteiger partial charge on any atom is -0.476 e. The van der Waals surface area contributed by atoms with Crippen molar-refractivity contribution in [2.75, 3.05) is 0 Å². The highest BCUT2D eigenvalue weighted by Crippen LogP contribution is 2.09. The van der Waals surface area contributed by atoms with Gasteiger partial charge in [-0.3, -0.25) is 5.10 Å². The summed E-state index contributed by atoms with van der Waals surface area (Å²) in [6.45, 7) is 0. The standard InChI is InChI=1S/C12H9FN4O2/c13-8-3-1-7(2-4-8)5-10-15-12-14-9(11(18)19)6-17(12)16-10/h1-4,6H,5H2,(H,18,19)(H,14,15,16). The smallest absolute Gasteiger partial charge is 0.356 e. The summed E-state index contributed by atoms with van der Waals surface area (Å²) in [4.78, 5) is 18.7. The first-order valence-corrected chi connectivity index (χ1v) is 5.53. The molecule has 3 aromatic rings. The molecule has 2 aromatic heterocycles. The molecule has 0 aliphatic carbocycles. The van der Waals surface area contributed by atoms with Crippen LogP contribution in [0, 0.1) is 5.82 Å². The van der Waals surface area contributed by atoms with Crippen LogP contribution in [0.3, 0.4) is 0 Å². The molecule has 0 spiro atoms. The van der Waals surface area contributed by atoms with Gasteiger partial charge in [0.15, 0.2) is 5.69 Å². The van der Waals surface area contributed by atoms with Crippen molar-refractivity contribution in [1.82, 2.24) is 19.6 Å². The molecule has 6 nitrogen and oxygen atoms in total. The van der Waals surface area contributed by atoms with Gasteiger partial charge in [-0.05, 0) is 17.7 Å². The van der Waals surface area contributed by atoms with E-state index >= 15 is 0 Å². The summed E-state index contributed by atoms with van der Waals surface area (Å²) in [5.74, 6) is -0.455. The van der Waals surface area contributed by atoms with Crippen LogP contribution in [-0.2, 0) is 6.42 Å². The Kier molecular flexibility index (Phi) is 2.52. The van der Waals surface area contributed by atoms with Gasteiger partial charge in [0.05, 0.1) is 6.20 Å². The normalized spacial score (nSPS) is 11.0. The molecule has 2 heterocycles. The fraction of sp³-hybridized carbons (Fsp3) is 0.0833. The third-order valence-electron chi connectivity index (χ3n) is 2.68. The van der Waals surface area contributed by atoms with Crippen LogP contribution >= 0.6 is 0 Å². The predicted octanol–water partition coefficient (Wildman–Crippen LogP) is 1.49. The number of carboxylic acids is 1. The molecule has 1 aromatic carbocycles. The van der Waals surface area contributed by atoms with E-state index in [0.717, 1.165) is 5.56 Å². The number of nitrogens with zero attached hydrogens (tertiary/aromatic N) is 3. The number of aromatic carboxylic acids is 1. The Bertz CT molecular complexity index is 713. The van der Waals surface area contributed by atoms with Gasteiger partial charge in [-0.15, -0.1) is 0 Å². The van der Waals surface area contributed by atoms with Gasteiger partial charge < -0.3 is 5.11 Å². The van der Waals surface area contributed by atoms with Crippen molar-refractivity contribution in [2.24, 2.45) is 0 Å². The second-order valence-electron chi connectivity index (χ2n) is 4.07. The second-order valence-corrected chi connectivity index (χ2v) is 4.07. The minimum absolute atomic E-state index is 0.0629. The maximum atomic E-state index is 12.8. The van der Waals surface area contributed by atoms with E-state index in [2.05, 4.69) is 15.1 Å². The van der Waals surface area contributed by atoms with Gasteiger partial charge in [0.2, 0.25) is 0 Å². The monoisotopic (exact) mass is 260 g/mol. The molecule has 0 saturated carbocycles. The van der Waals surface area contributed by atoms with E-state index in [9.17, 15) is 9.18 Å². The highest BCUT2D eigenvalue weighted by molar-refractivity contribution is 5.85. The average Bonchev–Trinajstić information content (AvgIpc) is 2.90. The molecule has 0 unspecified atom stereocenters. The van der Waals surface area contributed by atoms with Crippen LogP contribution in [0.5, 0.6) is 0 Å². The molecule has 0 aliphatic rings. The molecule has 19 heavy (non-hydrogen) atoms. The van der Waals surface area contributed by atoms with Crippen LogP contribution in [0.2, 0.25) is 0 Å². The van der Waals surface area contributed by atoms with E-state index < -0.39 is 5.97 Å². The lowest BCUT2D eigenvalue weighted by Crippen LogP contribution is -1.97. The lowest BCUT2D eigenvalue weighted by Gasteiger charge is -1.97. The zero-order valence-corrected chi connectivity index (χ0v) is 9.67. The van der Waals surface area contributed by atoms with E-state index in [1.807, 2.05) is 0 Å². The molecule has 96 valence electrons. The molecule has 0 atom stereocenters. The zero-order chi connectivity index (χ0) is 13.4. The number of benzene rings is 1. The molecule has 3 rings (SSSR count). The van der Waals surface area contributed by atoms with Crippen LogP contribution in [0.25, 0.3) is 5.78 Å². The van der Waals surface area contributed by atoms with Crippen molar-refractivity contribution in [3.8, 4) is 0 Å². The number of carboxylic acid groups (broad SMARTS) is 1. The number of carbonyl (C=O) groups is 1. The Morgan fingerprint density at radius 3 is 2.68 bits per heavy atom. The summed E-state index contributed by atoms with van der Waals surface area (Å²) in [5.41, 5.74) is 0.837. The van der Waals surface area contributed by atoms with E-state index in [1.54, 1.807) is 12.1 Å². The predicted molar refractivity (Wildman–Crippen MR) is 63.5 cm³/mol. The first kappa shape index (κ1) is 11.4. The number of imidazole rings is 1. The van der Waals surface area contributed by atoms with Gasteiger partial charge in [0.25, 0.3) is 5.78 Å². The highest BCUT2D eigenvalue weighted by Gasteiger charge is 2.12. The maximum absolute atomic E-state index is 12.8. The molecule has 0 amide bonds. The molecule has 7 heteroatoms. The molecule has 0 aliphatic heterocycles. The highest BCUT2D eigenvalue weighted by atomic mass is 19.1. The first-order chi connectivity index (χ1) is 9.11. The van der Waals surface area contributed by atoms with E-state index in [1.165, 1.54) is 22.8 Å². The minimum atomic E-state index is -1.10. The largest absolute Gasteiger partial charge is 0.476 e. The molecule has 0 fully saturated rings. The van der Waals surface area contributed by atoms with Crippen LogP contribution in [0.15, 0.2) is 30.5 Å². The maximum Gasteiger partial charge on any atom is 0.356 e. The van der Waals surface area contributed by atoms with E-state index in [-0.39, 0.29) is 11.5 Å². The third-order valence-corrected chi connectivity index (χ3v) is 2.68. The summed E-state index contributed by atoms with van der Waals surface area (Å²) in [7, 11) is 0. The summed E-state index contributed by atoms with van der Waals surface area (Å²) in [6, 6.07) is 6.10. The second kappa shape index (κ2) is 4.20. The molecule has 0 saturated heterocycles. The summed E-state index contributed by atoms with van der Waals surface area (Å²) in [6.07, 6.45) is 1.85. The van der Waals surface area contributed by atoms with Gasteiger partial charge in [0, 0.05) is 6.42 Å². The number of rotatable bonds is 3. The van der Waals surface area contributed by atoms with Crippen LogP contribution in [0.4, 0.5) is 4.39 Å². The SMILES string of the molecule is O=C(O)c1cn2[nH]c(Cc3ccc(F)cc3)nc2n1. The molecular weight excluding hydrogens is 251 g/mol. The lowest BCUT2D eigenvalue weighted by atomic mass is 10.1. The Hall–Kier alpha value is -2.70. The fourth-order valence-electron chi connectivity index (χ4n) is 1.79. The number of fused-ring (bicyclic) bond motifs is 1. The average molecular weight is 260 g/mol. The van der Waals surface area contributed by atoms with Gasteiger partial charge in [-0.1, -0.05) is 12.1 Å². The Morgan fingerprint density at radius 2 is 2.05 bits per heavy atom. The number of nitrogens with one attached hydrogen (secondary N) is 1. The summed E-state index contributed by atoms with van der Waals surface area (Å²) >= 11 is 0. The van der Waals surface area contributed by atoms with Crippen molar-refractivity contribution >= 4 is 11.7 Å². The molecule has 0 bridgehead atoms. The van der Waals surface area contributed by atoms with Crippen molar-refractivity contribution in [3.63, 3.8) is 0 Å². The van der Waals surface area contributed by atoms with Crippen molar-refractivity contribution in [1.29, 1.82) is 0 Å². The first-order valence-electron chi connectivity index (χ1n) is 5.53. The number of hydrogen-bond acceptors (Lipinski definition) is 3. The van der Waals surface area contributed by atoms with Gasteiger partial charge in [-0.2, -0.15) is 4.98 Å². The van der Waals surface area contributed by atoms with Crippen molar-refractivity contribution < 1.29 is 14.3 Å². The number of hydrogen-bond donors (Lipinski definition) is 2. The fourth-order valence-corrected chi connectivity index (χ4v) is 1.79. The number of H-pyrrole nitrogens is 1. The molecule has 0 radical (unpaired) electrons. The number of aromatic amines is 1. The topological polar surface area (TPSA) is 83.3 Å². The van der Waals surface area contributed by atoms with Crippen molar-refractivity contribution in [2.45, 2.75) is 6.42 Å². The van der Waals surface area contributed by atoms with E-state index in [4.69, 9.17) is 5.11 Å². The molecular formula is C12H9FN4O2. The Labute approximate surface area is 106 Å². The summed E-state index contributed by atoms with van der Waals surface area (Å²) in [5, 5.41) is 11.7. The quantitative estimate of drug-likeness (QED) is 0.747. The van der Waals surface area contributed by atoms with Crippen molar-refractivity contribution in [3.05, 3.63) is 53.4 Å². The summed E-state index contributed by atoms with van der Waals surface area (Å²) < 4.78 is 14.2. The van der Waals surface area contributed by atoms with E-state index in [0.29, 0.717) is 18.0 Å². The zero-order valence-electron chi connectivity index (χ0n) is 9.67. The number of aromatic nitrogens is 4. The Balaban J connectivity index is 1.87. The Morgan fingerprint density at radius 1 is 1.32 bits per heavy atom. The third kappa shape index (κ3) is 2.17. The van der Waals surface area contributed by atoms with Crippen LogP contribution in [-0.4, -0.2) is 30.7 Å². The molecule has 2 N–H and O–H groups in total. The number of halogens is 1. The van der Waals surface area contributed by atoms with Gasteiger partial charge in [-0.25, -0.2) is 18.7 Å². The van der Waals surface area contributed by atoms with Gasteiger partial charge >= 0.3 is 5.97 Å². The van der Waals surface area contributed by atoms with Gasteiger partial charge in [0.1, 0.15) is 11.6 Å². The van der Waals surface area contributed by atoms with Crippen LogP contribution < -0.4 is 0 Å².